The lowest BCUT2D eigenvalue weighted by atomic mass is 10.1. The highest BCUT2D eigenvalue weighted by Gasteiger charge is 2.28. The molecule has 1 fully saturated rings. The van der Waals surface area contributed by atoms with Crippen LogP contribution in [0.4, 0.5) is 10.1 Å². The Morgan fingerprint density at radius 1 is 1.29 bits per heavy atom. The zero-order valence-electron chi connectivity index (χ0n) is 15.4. The normalized spacial score (nSPS) is 16.4. The van der Waals surface area contributed by atoms with Crippen LogP contribution in [0.2, 0.25) is 0 Å². The van der Waals surface area contributed by atoms with Crippen LogP contribution < -0.4 is 10.3 Å². The number of carboxylic acids is 1. The number of hydrogen-bond donors (Lipinski definition) is 1. The lowest BCUT2D eigenvalue weighted by Gasteiger charge is -2.29. The van der Waals surface area contributed by atoms with Crippen LogP contribution >= 0.6 is 0 Å². The lowest BCUT2D eigenvalue weighted by Crippen LogP contribution is -2.31. The molecule has 2 aliphatic rings. The molecule has 1 aliphatic heterocycles. The van der Waals surface area contributed by atoms with Crippen molar-refractivity contribution in [1.82, 2.24) is 14.3 Å². The summed E-state index contributed by atoms with van der Waals surface area (Å²) >= 11 is 0. The quantitative estimate of drug-likeness (QED) is 0.753. The van der Waals surface area contributed by atoms with Crippen LogP contribution in [-0.2, 0) is 20.0 Å². The van der Waals surface area contributed by atoms with Crippen LogP contribution in [0.15, 0.2) is 29.3 Å². The molecule has 1 aromatic carbocycles. The Morgan fingerprint density at radius 2 is 2.07 bits per heavy atom. The van der Waals surface area contributed by atoms with Crippen molar-refractivity contribution in [2.45, 2.75) is 31.8 Å². The van der Waals surface area contributed by atoms with E-state index >= 15 is 0 Å². The maximum absolute atomic E-state index is 15.0. The molecule has 0 saturated heterocycles. The second kappa shape index (κ2) is 5.92. The SMILES string of the molecule is Cn1cc2c(n1)CCN(c1cc3c(cc1F)c(=O)c(C(=O)O)cn3C1CC1)C2. The first-order valence-corrected chi connectivity index (χ1v) is 9.30. The van der Waals surface area contributed by atoms with Crippen molar-refractivity contribution >= 4 is 22.6 Å². The van der Waals surface area contributed by atoms with Crippen molar-refractivity contribution < 1.29 is 14.3 Å². The molecule has 28 heavy (non-hydrogen) atoms. The van der Waals surface area contributed by atoms with Crippen molar-refractivity contribution in [3.05, 3.63) is 57.4 Å². The van der Waals surface area contributed by atoms with Crippen LogP contribution in [-0.4, -0.2) is 32.0 Å². The summed E-state index contributed by atoms with van der Waals surface area (Å²) in [5.41, 5.74) is 2.15. The van der Waals surface area contributed by atoms with E-state index in [4.69, 9.17) is 0 Å². The van der Waals surface area contributed by atoms with Crippen molar-refractivity contribution in [1.29, 1.82) is 0 Å². The third-order valence-electron chi connectivity index (χ3n) is 5.58. The first kappa shape index (κ1) is 17.0. The molecular weight excluding hydrogens is 363 g/mol. The zero-order valence-corrected chi connectivity index (χ0v) is 15.4. The first-order valence-electron chi connectivity index (χ1n) is 9.30. The number of nitrogens with zero attached hydrogens (tertiary/aromatic N) is 4. The Kier molecular flexibility index (Phi) is 3.59. The largest absolute Gasteiger partial charge is 0.477 e. The number of fused-ring (bicyclic) bond motifs is 2. The van der Waals surface area contributed by atoms with E-state index in [1.165, 1.54) is 12.3 Å². The Morgan fingerprint density at radius 3 is 2.79 bits per heavy atom. The second-order valence-electron chi connectivity index (χ2n) is 7.58. The predicted octanol–water partition coefficient (Wildman–Crippen LogP) is 2.47. The van der Waals surface area contributed by atoms with Gasteiger partial charge in [0.25, 0.3) is 0 Å². The van der Waals surface area contributed by atoms with Crippen molar-refractivity contribution in [3.63, 3.8) is 0 Å². The number of carboxylic acid groups (broad SMARTS) is 1. The van der Waals surface area contributed by atoms with Crippen LogP contribution in [0.5, 0.6) is 0 Å². The van der Waals surface area contributed by atoms with Crippen molar-refractivity contribution in [2.75, 3.05) is 11.4 Å². The summed E-state index contributed by atoms with van der Waals surface area (Å²) in [5.74, 6) is -1.80. The number of rotatable bonds is 3. The topological polar surface area (TPSA) is 80.4 Å². The van der Waals surface area contributed by atoms with Crippen LogP contribution in [0.3, 0.4) is 0 Å². The molecular formula is C20H19FN4O3. The average Bonchev–Trinajstić information content (AvgIpc) is 3.42. The van der Waals surface area contributed by atoms with Gasteiger partial charge in [-0.2, -0.15) is 5.10 Å². The van der Waals surface area contributed by atoms with Gasteiger partial charge in [-0.1, -0.05) is 0 Å². The summed E-state index contributed by atoms with van der Waals surface area (Å²) in [6.07, 6.45) is 5.92. The molecule has 2 aromatic heterocycles. The van der Waals surface area contributed by atoms with Crippen LogP contribution in [0.1, 0.15) is 40.5 Å². The molecule has 0 unspecified atom stereocenters. The third-order valence-corrected chi connectivity index (χ3v) is 5.58. The van der Waals surface area contributed by atoms with Gasteiger partial charge in [-0.25, -0.2) is 9.18 Å². The number of halogens is 1. The molecule has 0 spiro atoms. The van der Waals surface area contributed by atoms with Gasteiger partial charge in [-0.05, 0) is 25.0 Å². The molecule has 0 amide bonds. The van der Waals surface area contributed by atoms with E-state index in [0.717, 1.165) is 30.5 Å². The minimum absolute atomic E-state index is 0.118. The Bertz CT molecular complexity index is 1190. The first-order chi connectivity index (χ1) is 13.4. The molecule has 0 radical (unpaired) electrons. The van der Waals surface area contributed by atoms with Gasteiger partial charge in [0.1, 0.15) is 11.4 Å². The van der Waals surface area contributed by atoms with Gasteiger partial charge in [-0.3, -0.25) is 9.48 Å². The van der Waals surface area contributed by atoms with E-state index in [2.05, 4.69) is 5.10 Å². The van der Waals surface area contributed by atoms with Gasteiger partial charge in [0, 0.05) is 55.9 Å². The molecule has 1 saturated carbocycles. The Balaban J connectivity index is 1.66. The fraction of sp³-hybridized carbons (Fsp3) is 0.350. The summed E-state index contributed by atoms with van der Waals surface area (Å²) in [5, 5.41) is 13.9. The van der Waals surface area contributed by atoms with Crippen LogP contribution in [0.25, 0.3) is 10.9 Å². The number of anilines is 1. The highest BCUT2D eigenvalue weighted by molar-refractivity contribution is 5.93. The molecule has 144 valence electrons. The summed E-state index contributed by atoms with van der Waals surface area (Å²) in [6, 6.07) is 3.04. The fourth-order valence-electron chi connectivity index (χ4n) is 4.07. The summed E-state index contributed by atoms with van der Waals surface area (Å²) in [7, 11) is 1.87. The van der Waals surface area contributed by atoms with E-state index in [1.54, 1.807) is 10.7 Å². The number of aryl methyl sites for hydroxylation is 1. The molecule has 7 nitrogen and oxygen atoms in total. The molecule has 1 N–H and O–H groups in total. The van der Waals surface area contributed by atoms with E-state index in [9.17, 15) is 19.1 Å². The van der Waals surface area contributed by atoms with Crippen LogP contribution in [0, 0.1) is 5.82 Å². The number of benzene rings is 1. The summed E-state index contributed by atoms with van der Waals surface area (Å²) < 4.78 is 18.6. The highest BCUT2D eigenvalue weighted by Crippen LogP contribution is 2.38. The zero-order chi connectivity index (χ0) is 19.6. The smallest absolute Gasteiger partial charge is 0.341 e. The third kappa shape index (κ3) is 2.59. The summed E-state index contributed by atoms with van der Waals surface area (Å²) in [6.45, 7) is 1.18. The van der Waals surface area contributed by atoms with Crippen molar-refractivity contribution in [2.24, 2.45) is 7.05 Å². The fourth-order valence-corrected chi connectivity index (χ4v) is 4.07. The van der Waals surface area contributed by atoms with Gasteiger partial charge in [0.05, 0.1) is 16.9 Å². The van der Waals surface area contributed by atoms with Gasteiger partial charge in [-0.15, -0.1) is 0 Å². The number of aromatic nitrogens is 3. The molecule has 3 aromatic rings. The number of aromatic carboxylic acids is 1. The number of carbonyl (C=O) groups is 1. The van der Waals surface area contributed by atoms with Crippen molar-refractivity contribution in [3.8, 4) is 0 Å². The van der Waals surface area contributed by atoms with E-state index in [0.29, 0.717) is 24.3 Å². The van der Waals surface area contributed by atoms with Gasteiger partial charge in [0.15, 0.2) is 0 Å². The van der Waals surface area contributed by atoms with Gasteiger partial charge >= 0.3 is 5.97 Å². The summed E-state index contributed by atoms with van der Waals surface area (Å²) in [4.78, 5) is 26.0. The predicted molar refractivity (Wildman–Crippen MR) is 101 cm³/mol. The minimum atomic E-state index is -1.29. The number of pyridine rings is 1. The Labute approximate surface area is 159 Å². The average molecular weight is 382 g/mol. The maximum Gasteiger partial charge on any atom is 0.341 e. The molecule has 1 aliphatic carbocycles. The molecule has 0 atom stereocenters. The molecule has 0 bridgehead atoms. The van der Waals surface area contributed by atoms with E-state index in [1.807, 2.05) is 22.7 Å². The molecule has 8 heteroatoms. The monoisotopic (exact) mass is 382 g/mol. The maximum atomic E-state index is 15.0. The molecule has 3 heterocycles. The van der Waals surface area contributed by atoms with E-state index in [-0.39, 0.29) is 17.0 Å². The lowest BCUT2D eigenvalue weighted by molar-refractivity contribution is 0.0695. The molecule has 5 rings (SSSR count). The van der Waals surface area contributed by atoms with E-state index < -0.39 is 17.2 Å². The Hall–Kier alpha value is -3.16. The highest BCUT2D eigenvalue weighted by atomic mass is 19.1. The van der Waals surface area contributed by atoms with Gasteiger partial charge < -0.3 is 14.6 Å². The standard InChI is InChI=1S/C20H19FN4O3/c1-23-8-11-9-24(5-4-16(11)22-23)18-7-17-13(6-15(18)21)19(26)14(20(27)28)10-25(17)12-2-3-12/h6-8,10,12H,2-5,9H2,1H3,(H,27,28). The second-order valence-corrected chi connectivity index (χ2v) is 7.58. The number of hydrogen-bond acceptors (Lipinski definition) is 4. The van der Waals surface area contributed by atoms with Gasteiger partial charge in [0.2, 0.25) is 5.43 Å². The minimum Gasteiger partial charge on any atom is -0.477 e.